The number of esters is 1. The lowest BCUT2D eigenvalue weighted by molar-refractivity contribution is -0.137. The Morgan fingerprint density at radius 1 is 0.900 bits per heavy atom. The first kappa shape index (κ1) is 22.4. The van der Waals surface area contributed by atoms with Crippen molar-refractivity contribution in [1.29, 1.82) is 0 Å². The van der Waals surface area contributed by atoms with Gasteiger partial charge in [0.2, 0.25) is 5.91 Å². The highest BCUT2D eigenvalue weighted by molar-refractivity contribution is 5.92. The summed E-state index contributed by atoms with van der Waals surface area (Å²) < 4.78 is 15.3. The first-order valence-corrected chi connectivity index (χ1v) is 8.95. The number of carbonyl (C=O) groups excluding carboxylic acids is 2. The Kier molecular flexibility index (Phi) is 7.46. The molecule has 2 aromatic rings. The molecular formula is C22H23NO7. The van der Waals surface area contributed by atoms with Gasteiger partial charge in [-0.2, -0.15) is 0 Å². The summed E-state index contributed by atoms with van der Waals surface area (Å²) in [4.78, 5) is 22.7. The maximum Gasteiger partial charge on any atom is 0.330 e. The minimum Gasteiger partial charge on any atom is -0.504 e. The van der Waals surface area contributed by atoms with Crippen LogP contribution in [-0.4, -0.2) is 42.9 Å². The van der Waals surface area contributed by atoms with E-state index in [1.54, 1.807) is 19.1 Å². The van der Waals surface area contributed by atoms with Crippen LogP contribution in [0.4, 0.5) is 0 Å². The number of rotatable bonds is 8. The number of primary amides is 1. The van der Waals surface area contributed by atoms with E-state index >= 15 is 0 Å². The number of hydrogen-bond donors (Lipinski definition) is 3. The maximum atomic E-state index is 11.6. The lowest BCUT2D eigenvalue weighted by Gasteiger charge is -2.15. The Morgan fingerprint density at radius 2 is 1.37 bits per heavy atom. The molecule has 0 fully saturated rings. The predicted molar refractivity (Wildman–Crippen MR) is 112 cm³/mol. The summed E-state index contributed by atoms with van der Waals surface area (Å²) in [7, 11) is 2.75. The normalized spacial score (nSPS) is 11.0. The number of benzene rings is 2. The molecule has 2 aromatic carbocycles. The molecule has 0 saturated heterocycles. The first-order chi connectivity index (χ1) is 14.3. The van der Waals surface area contributed by atoms with Crippen LogP contribution in [0.1, 0.15) is 18.1 Å². The van der Waals surface area contributed by atoms with E-state index < -0.39 is 11.9 Å². The van der Waals surface area contributed by atoms with Gasteiger partial charge in [-0.3, -0.25) is 4.79 Å². The number of hydrogen-bond acceptors (Lipinski definition) is 7. The third kappa shape index (κ3) is 5.32. The van der Waals surface area contributed by atoms with E-state index in [4.69, 9.17) is 19.9 Å². The van der Waals surface area contributed by atoms with Gasteiger partial charge in [-0.15, -0.1) is 0 Å². The summed E-state index contributed by atoms with van der Waals surface area (Å²) >= 11 is 0. The van der Waals surface area contributed by atoms with Gasteiger partial charge in [0.05, 0.1) is 20.8 Å². The third-order valence-corrected chi connectivity index (χ3v) is 4.06. The molecule has 0 saturated carbocycles. The van der Waals surface area contributed by atoms with Gasteiger partial charge < -0.3 is 30.2 Å². The topological polar surface area (TPSA) is 128 Å². The van der Waals surface area contributed by atoms with Crippen LogP contribution < -0.4 is 15.2 Å². The number of aromatic hydroxyl groups is 2. The van der Waals surface area contributed by atoms with Crippen LogP contribution in [0, 0.1) is 0 Å². The lowest BCUT2D eigenvalue weighted by Crippen LogP contribution is -2.05. The minimum absolute atomic E-state index is 0.127. The fourth-order valence-corrected chi connectivity index (χ4v) is 2.71. The van der Waals surface area contributed by atoms with Crippen molar-refractivity contribution in [2.75, 3.05) is 20.8 Å². The average molecular weight is 413 g/mol. The molecule has 0 radical (unpaired) electrons. The van der Waals surface area contributed by atoms with Crippen molar-refractivity contribution in [3.8, 4) is 34.1 Å². The number of nitrogens with two attached hydrogens (primary N) is 1. The zero-order valence-electron chi connectivity index (χ0n) is 16.8. The first-order valence-electron chi connectivity index (χ1n) is 8.95. The van der Waals surface area contributed by atoms with E-state index in [1.165, 1.54) is 44.6 Å². The average Bonchev–Trinajstić information content (AvgIpc) is 2.72. The molecule has 8 heteroatoms. The second-order valence-corrected chi connectivity index (χ2v) is 6.06. The molecule has 0 unspecified atom stereocenters. The summed E-state index contributed by atoms with van der Waals surface area (Å²) in [6.07, 6.45) is 5.35. The fraction of sp³-hybridized carbons (Fsp3) is 0.182. The standard InChI is InChI=1S/C22H23NO7/c1-4-30-20(25)8-6-14-10-16(22(27)18(12-14)29-3)15-9-13(5-7-19(23)24)11-17(28-2)21(15)26/h5-12,26-27H,4H2,1-3H3,(H2,23,24)/b7-5+,8-6+. The number of carbonyl (C=O) groups is 2. The molecule has 2 rings (SSSR count). The zero-order valence-corrected chi connectivity index (χ0v) is 16.8. The zero-order chi connectivity index (χ0) is 22.3. The van der Waals surface area contributed by atoms with Crippen molar-refractivity contribution >= 4 is 24.0 Å². The van der Waals surface area contributed by atoms with E-state index in [-0.39, 0.29) is 40.7 Å². The molecule has 0 atom stereocenters. The van der Waals surface area contributed by atoms with Crippen molar-refractivity contribution in [3.05, 3.63) is 47.5 Å². The molecule has 0 heterocycles. The highest BCUT2D eigenvalue weighted by Gasteiger charge is 2.18. The SMILES string of the molecule is CCOC(=O)/C=C/c1cc(OC)c(O)c(-c2cc(/C=C/C(N)=O)cc(OC)c2O)c1. The highest BCUT2D eigenvalue weighted by Crippen LogP contribution is 2.45. The largest absolute Gasteiger partial charge is 0.504 e. The summed E-state index contributed by atoms with van der Waals surface area (Å²) in [5.74, 6) is -1.35. The molecule has 158 valence electrons. The molecule has 0 aliphatic heterocycles. The Morgan fingerprint density at radius 3 is 1.77 bits per heavy atom. The molecular weight excluding hydrogens is 390 g/mol. The number of methoxy groups -OCH3 is 2. The van der Waals surface area contributed by atoms with Gasteiger partial charge in [0.25, 0.3) is 0 Å². The Hall–Kier alpha value is -3.94. The van der Waals surface area contributed by atoms with Crippen LogP contribution in [0.25, 0.3) is 23.3 Å². The second-order valence-electron chi connectivity index (χ2n) is 6.06. The van der Waals surface area contributed by atoms with Gasteiger partial charge in [-0.25, -0.2) is 4.79 Å². The van der Waals surface area contributed by atoms with Gasteiger partial charge in [0, 0.05) is 23.3 Å². The summed E-state index contributed by atoms with van der Waals surface area (Å²) in [6.45, 7) is 1.94. The van der Waals surface area contributed by atoms with Crippen molar-refractivity contribution in [1.82, 2.24) is 0 Å². The molecule has 0 aliphatic carbocycles. The molecule has 4 N–H and O–H groups in total. The molecule has 0 spiro atoms. The van der Waals surface area contributed by atoms with E-state index in [1.807, 2.05) is 0 Å². The van der Waals surface area contributed by atoms with E-state index in [0.29, 0.717) is 11.1 Å². The fourth-order valence-electron chi connectivity index (χ4n) is 2.71. The molecule has 30 heavy (non-hydrogen) atoms. The van der Waals surface area contributed by atoms with E-state index in [0.717, 1.165) is 6.08 Å². The predicted octanol–water partition coefficient (Wildman–Crippen LogP) is 2.86. The highest BCUT2D eigenvalue weighted by atomic mass is 16.5. The van der Waals surface area contributed by atoms with Crippen LogP contribution in [0.15, 0.2) is 36.4 Å². The van der Waals surface area contributed by atoms with Crippen molar-refractivity contribution in [2.24, 2.45) is 5.73 Å². The van der Waals surface area contributed by atoms with Crippen LogP contribution in [0.3, 0.4) is 0 Å². The minimum atomic E-state index is -0.640. The van der Waals surface area contributed by atoms with Gasteiger partial charge in [0.1, 0.15) is 0 Å². The Balaban J connectivity index is 2.66. The van der Waals surface area contributed by atoms with Crippen molar-refractivity contribution in [2.45, 2.75) is 6.92 Å². The van der Waals surface area contributed by atoms with Gasteiger partial charge in [-0.05, 0) is 54.5 Å². The molecule has 8 nitrogen and oxygen atoms in total. The van der Waals surface area contributed by atoms with E-state index in [2.05, 4.69) is 0 Å². The summed E-state index contributed by atoms with van der Waals surface area (Å²) in [5.41, 5.74) is 6.61. The summed E-state index contributed by atoms with van der Waals surface area (Å²) in [5, 5.41) is 21.3. The van der Waals surface area contributed by atoms with Crippen LogP contribution in [-0.2, 0) is 14.3 Å². The van der Waals surface area contributed by atoms with Gasteiger partial charge in [0.15, 0.2) is 23.0 Å². The molecule has 0 aliphatic rings. The maximum absolute atomic E-state index is 11.6. The molecule has 0 bridgehead atoms. The number of amides is 1. The monoisotopic (exact) mass is 413 g/mol. The third-order valence-electron chi connectivity index (χ3n) is 4.06. The quantitative estimate of drug-likeness (QED) is 0.448. The number of phenols is 2. The Bertz CT molecular complexity index is 1010. The lowest BCUT2D eigenvalue weighted by atomic mass is 9.97. The Labute approximate surface area is 173 Å². The number of phenolic OH excluding ortho intramolecular Hbond substituents is 2. The smallest absolute Gasteiger partial charge is 0.330 e. The van der Waals surface area contributed by atoms with Crippen molar-refractivity contribution < 1.29 is 34.0 Å². The van der Waals surface area contributed by atoms with E-state index in [9.17, 15) is 19.8 Å². The second kappa shape index (κ2) is 10.0. The molecule has 0 aromatic heterocycles. The van der Waals surface area contributed by atoms with Crippen LogP contribution in [0.5, 0.6) is 23.0 Å². The number of ether oxygens (including phenoxy) is 3. The summed E-state index contributed by atoms with van der Waals surface area (Å²) in [6, 6.07) is 6.14. The van der Waals surface area contributed by atoms with Crippen LogP contribution >= 0.6 is 0 Å². The van der Waals surface area contributed by atoms with Gasteiger partial charge >= 0.3 is 5.97 Å². The van der Waals surface area contributed by atoms with Crippen LogP contribution in [0.2, 0.25) is 0 Å². The molecule has 1 amide bonds. The van der Waals surface area contributed by atoms with Crippen molar-refractivity contribution in [3.63, 3.8) is 0 Å². The van der Waals surface area contributed by atoms with Gasteiger partial charge in [-0.1, -0.05) is 0 Å².